The van der Waals surface area contributed by atoms with Crippen molar-refractivity contribution in [3.8, 4) is 5.88 Å². The Hall–Kier alpha value is -3.04. The molecule has 10 heteroatoms. The quantitative estimate of drug-likeness (QED) is 0.639. The molecular weight excluding hydrogens is 394 g/mol. The Morgan fingerprint density at radius 2 is 1.97 bits per heavy atom. The monoisotopic (exact) mass is 413 g/mol. The summed E-state index contributed by atoms with van der Waals surface area (Å²) in [5.74, 6) is -4.97. The Morgan fingerprint density at radius 3 is 2.55 bits per heavy atom. The van der Waals surface area contributed by atoms with Crippen LogP contribution in [-0.4, -0.2) is 40.6 Å². The Labute approximate surface area is 164 Å². The second-order valence-electron chi connectivity index (χ2n) is 6.41. The first-order chi connectivity index (χ1) is 13.6. The number of aromatic nitrogens is 2. The molecule has 29 heavy (non-hydrogen) atoms. The van der Waals surface area contributed by atoms with Crippen molar-refractivity contribution in [1.82, 2.24) is 15.3 Å². The smallest absolute Gasteiger partial charge is 0.340 e. The molecule has 1 amide bonds. The summed E-state index contributed by atoms with van der Waals surface area (Å²) >= 11 is 0. The van der Waals surface area contributed by atoms with E-state index in [2.05, 4.69) is 20.0 Å². The number of carbonyl (C=O) groups is 2. The molecule has 1 N–H and O–H groups in total. The van der Waals surface area contributed by atoms with Crippen LogP contribution in [0.5, 0.6) is 5.88 Å². The van der Waals surface area contributed by atoms with E-state index in [1.54, 1.807) is 13.0 Å². The molecule has 0 unspecified atom stereocenters. The number of alkyl halides is 4. The summed E-state index contributed by atoms with van der Waals surface area (Å²) in [7, 11) is 0. The maximum atomic E-state index is 12.8. The molecule has 0 radical (unpaired) electrons. The second kappa shape index (κ2) is 9.44. The maximum absolute atomic E-state index is 12.8. The van der Waals surface area contributed by atoms with E-state index in [9.17, 15) is 27.2 Å². The van der Waals surface area contributed by atoms with Gasteiger partial charge in [0.25, 0.3) is 5.91 Å². The minimum atomic E-state index is -4.27. The summed E-state index contributed by atoms with van der Waals surface area (Å²) in [5.41, 5.74) is 1.97. The number of pyridine rings is 2. The fourth-order valence-electron chi connectivity index (χ4n) is 2.33. The van der Waals surface area contributed by atoms with Crippen molar-refractivity contribution in [3.63, 3.8) is 0 Å². The third-order valence-corrected chi connectivity index (χ3v) is 3.68. The van der Waals surface area contributed by atoms with Crippen LogP contribution in [0, 0.1) is 6.92 Å². The van der Waals surface area contributed by atoms with Gasteiger partial charge in [0.05, 0.1) is 0 Å². The van der Waals surface area contributed by atoms with E-state index >= 15 is 0 Å². The lowest BCUT2D eigenvalue weighted by atomic mass is 10.1. The number of hydrogen-bond acceptors (Lipinski definition) is 5. The van der Waals surface area contributed by atoms with Gasteiger partial charge in [0.2, 0.25) is 5.88 Å². The van der Waals surface area contributed by atoms with E-state index in [1.165, 1.54) is 31.3 Å². The number of ether oxygens (including phenoxy) is 1. The molecule has 156 valence electrons. The highest BCUT2D eigenvalue weighted by molar-refractivity contribution is 5.94. The van der Waals surface area contributed by atoms with Gasteiger partial charge < -0.3 is 10.1 Å². The summed E-state index contributed by atoms with van der Waals surface area (Å²) in [4.78, 5) is 31.5. The van der Waals surface area contributed by atoms with Crippen LogP contribution in [0.1, 0.15) is 34.2 Å². The van der Waals surface area contributed by atoms with E-state index < -0.39 is 24.9 Å². The molecular formula is C19H19F4N3O3. The molecule has 0 saturated heterocycles. The molecule has 0 aliphatic heterocycles. The molecule has 0 saturated carbocycles. The van der Waals surface area contributed by atoms with E-state index in [1.807, 2.05) is 0 Å². The highest BCUT2D eigenvalue weighted by Gasteiger charge is 2.41. The highest BCUT2D eigenvalue weighted by Crippen LogP contribution is 2.23. The predicted molar refractivity (Wildman–Crippen MR) is 95.2 cm³/mol. The second-order valence-corrected chi connectivity index (χ2v) is 6.41. The number of Topliss-reactive ketones (excluding diaryl/α,β-unsaturated/α-hetero) is 1. The van der Waals surface area contributed by atoms with Crippen LogP contribution in [0.15, 0.2) is 30.5 Å². The summed E-state index contributed by atoms with van der Waals surface area (Å²) in [5, 5.41) is 2.66. The largest absolute Gasteiger partial charge is 0.471 e. The molecule has 2 aromatic heterocycles. The minimum absolute atomic E-state index is 0.0749. The first-order valence-corrected chi connectivity index (χ1v) is 8.55. The summed E-state index contributed by atoms with van der Waals surface area (Å²) < 4.78 is 54.4. The number of aryl methyl sites for hydroxylation is 1. The fourth-order valence-corrected chi connectivity index (χ4v) is 2.33. The third-order valence-electron chi connectivity index (χ3n) is 3.68. The van der Waals surface area contributed by atoms with Gasteiger partial charge in [0.15, 0.2) is 6.61 Å². The Kier molecular flexibility index (Phi) is 7.24. The molecule has 0 atom stereocenters. The SMILES string of the molecule is CC(=O)Cc1cc(C(=O)NCc2ccc(OCC(F)(F)C(F)F)nc2)cc(C)n1. The zero-order chi connectivity index (χ0) is 21.6. The van der Waals surface area contributed by atoms with Crippen molar-refractivity contribution in [2.75, 3.05) is 6.61 Å². The standard InChI is InChI=1S/C19H19F4N3O3/c1-11-5-14(7-15(26-11)6-12(2)27)17(28)25-9-13-3-4-16(24-8-13)29-10-19(22,23)18(20)21/h3-5,7-8,18H,6,9-10H2,1-2H3,(H,25,28). The van der Waals surface area contributed by atoms with E-state index in [0.29, 0.717) is 22.5 Å². The van der Waals surface area contributed by atoms with E-state index in [0.717, 1.165) is 0 Å². The Bertz CT molecular complexity index is 874. The predicted octanol–water partition coefficient (Wildman–Crippen LogP) is 3.13. The zero-order valence-electron chi connectivity index (χ0n) is 15.7. The van der Waals surface area contributed by atoms with Gasteiger partial charge >= 0.3 is 12.3 Å². The lowest BCUT2D eigenvalue weighted by Crippen LogP contribution is -2.33. The molecule has 0 aliphatic rings. The number of halogens is 4. The zero-order valence-corrected chi connectivity index (χ0v) is 15.7. The molecule has 0 aromatic carbocycles. The van der Waals surface area contributed by atoms with E-state index in [4.69, 9.17) is 0 Å². The van der Waals surface area contributed by atoms with Crippen LogP contribution < -0.4 is 10.1 Å². The van der Waals surface area contributed by atoms with Gasteiger partial charge in [-0.2, -0.15) is 8.78 Å². The van der Waals surface area contributed by atoms with Gasteiger partial charge in [-0.1, -0.05) is 6.07 Å². The van der Waals surface area contributed by atoms with Gasteiger partial charge in [0.1, 0.15) is 5.78 Å². The molecule has 0 fully saturated rings. The van der Waals surface area contributed by atoms with Gasteiger partial charge in [-0.05, 0) is 31.5 Å². The van der Waals surface area contributed by atoms with Gasteiger partial charge in [-0.3, -0.25) is 14.6 Å². The van der Waals surface area contributed by atoms with Crippen molar-refractivity contribution < 1.29 is 31.9 Å². The molecule has 2 rings (SSSR count). The Morgan fingerprint density at radius 1 is 1.24 bits per heavy atom. The number of carbonyl (C=O) groups excluding carboxylic acids is 2. The number of rotatable bonds is 9. The number of nitrogens with one attached hydrogen (secondary N) is 1. The molecule has 0 spiro atoms. The average molecular weight is 413 g/mol. The first kappa shape index (κ1) is 22.3. The lowest BCUT2D eigenvalue weighted by molar-refractivity contribution is -0.148. The van der Waals surface area contributed by atoms with Gasteiger partial charge in [-0.25, -0.2) is 13.8 Å². The van der Waals surface area contributed by atoms with Crippen LogP contribution in [0.2, 0.25) is 0 Å². The maximum Gasteiger partial charge on any atom is 0.340 e. The highest BCUT2D eigenvalue weighted by atomic mass is 19.3. The topological polar surface area (TPSA) is 81.2 Å². The van der Waals surface area contributed by atoms with E-state index in [-0.39, 0.29) is 24.6 Å². The van der Waals surface area contributed by atoms with Crippen LogP contribution >= 0.6 is 0 Å². The van der Waals surface area contributed by atoms with Crippen molar-refractivity contribution in [3.05, 3.63) is 53.0 Å². The molecule has 0 bridgehead atoms. The minimum Gasteiger partial charge on any atom is -0.471 e. The molecule has 6 nitrogen and oxygen atoms in total. The van der Waals surface area contributed by atoms with Crippen LogP contribution in [0.3, 0.4) is 0 Å². The Balaban J connectivity index is 1.94. The van der Waals surface area contributed by atoms with Crippen LogP contribution in [0.25, 0.3) is 0 Å². The average Bonchev–Trinajstić information content (AvgIpc) is 2.64. The lowest BCUT2D eigenvalue weighted by Gasteiger charge is -2.15. The van der Waals surface area contributed by atoms with Crippen molar-refractivity contribution >= 4 is 11.7 Å². The summed E-state index contributed by atoms with van der Waals surface area (Å²) in [6.07, 6.45) is -2.43. The summed E-state index contributed by atoms with van der Waals surface area (Å²) in [6.45, 7) is 1.74. The number of amides is 1. The molecule has 2 aromatic rings. The summed E-state index contributed by atoms with van der Waals surface area (Å²) in [6, 6.07) is 5.81. The normalized spacial score (nSPS) is 11.4. The molecule has 2 heterocycles. The van der Waals surface area contributed by atoms with Crippen molar-refractivity contribution in [2.24, 2.45) is 0 Å². The number of ketones is 1. The number of hydrogen-bond donors (Lipinski definition) is 1. The van der Waals surface area contributed by atoms with Crippen LogP contribution in [0.4, 0.5) is 17.6 Å². The van der Waals surface area contributed by atoms with Gasteiger partial charge in [-0.15, -0.1) is 0 Å². The van der Waals surface area contributed by atoms with Gasteiger partial charge in [0, 0.05) is 42.2 Å². The molecule has 0 aliphatic carbocycles. The first-order valence-electron chi connectivity index (χ1n) is 8.55. The number of nitrogens with zero attached hydrogens (tertiary/aromatic N) is 2. The van der Waals surface area contributed by atoms with Crippen molar-refractivity contribution in [1.29, 1.82) is 0 Å². The third kappa shape index (κ3) is 6.81. The van der Waals surface area contributed by atoms with Crippen LogP contribution in [-0.2, 0) is 17.8 Å². The fraction of sp³-hybridized carbons (Fsp3) is 0.368. The van der Waals surface area contributed by atoms with Crippen molar-refractivity contribution in [2.45, 2.75) is 39.2 Å².